The first-order chi connectivity index (χ1) is 10.3. The van der Waals surface area contributed by atoms with E-state index in [9.17, 15) is 4.79 Å². The number of nitrogens with two attached hydrogens (primary N) is 1. The molecule has 0 bridgehead atoms. The van der Waals surface area contributed by atoms with Crippen LogP contribution in [0.2, 0.25) is 0 Å². The number of rotatable bonds is 5. The standard InChI is InChI=1S/C17H25N3O/c18-11-15-12-19(9-10-20-8-4-7-17(20)21)13-16(15)14-5-2-1-3-6-14/h1-3,5-6,15-16H,4,7-13,18H2/t15-,16+/m1/s1. The van der Waals surface area contributed by atoms with Crippen molar-refractivity contribution in [1.29, 1.82) is 0 Å². The van der Waals surface area contributed by atoms with Crippen molar-refractivity contribution in [3.8, 4) is 0 Å². The van der Waals surface area contributed by atoms with Gasteiger partial charge >= 0.3 is 0 Å². The lowest BCUT2D eigenvalue weighted by Crippen LogP contribution is -2.35. The van der Waals surface area contributed by atoms with Crippen molar-refractivity contribution in [3.63, 3.8) is 0 Å². The Morgan fingerprint density at radius 2 is 1.95 bits per heavy atom. The summed E-state index contributed by atoms with van der Waals surface area (Å²) in [6.07, 6.45) is 1.76. The second-order valence-corrected chi connectivity index (χ2v) is 6.26. The molecule has 1 aromatic carbocycles. The van der Waals surface area contributed by atoms with Crippen LogP contribution in [0.1, 0.15) is 24.3 Å². The van der Waals surface area contributed by atoms with Crippen LogP contribution in [-0.2, 0) is 4.79 Å². The average molecular weight is 287 g/mol. The van der Waals surface area contributed by atoms with E-state index in [1.54, 1.807) is 0 Å². The van der Waals surface area contributed by atoms with Crippen LogP contribution >= 0.6 is 0 Å². The summed E-state index contributed by atoms with van der Waals surface area (Å²) >= 11 is 0. The molecule has 1 aromatic rings. The van der Waals surface area contributed by atoms with Gasteiger partial charge in [-0.15, -0.1) is 0 Å². The minimum absolute atomic E-state index is 0.323. The molecule has 21 heavy (non-hydrogen) atoms. The van der Waals surface area contributed by atoms with Gasteiger partial charge in [0.15, 0.2) is 0 Å². The van der Waals surface area contributed by atoms with Gasteiger partial charge in [-0.3, -0.25) is 4.79 Å². The van der Waals surface area contributed by atoms with E-state index in [-0.39, 0.29) is 0 Å². The fourth-order valence-corrected chi connectivity index (χ4v) is 3.66. The van der Waals surface area contributed by atoms with E-state index in [0.29, 0.717) is 17.7 Å². The van der Waals surface area contributed by atoms with Crippen LogP contribution in [0.3, 0.4) is 0 Å². The van der Waals surface area contributed by atoms with Gasteiger partial charge in [0.2, 0.25) is 5.91 Å². The van der Waals surface area contributed by atoms with Crippen molar-refractivity contribution in [2.75, 3.05) is 39.3 Å². The molecule has 2 aliphatic heterocycles. The first-order valence-electron chi connectivity index (χ1n) is 8.03. The molecule has 0 radical (unpaired) electrons. The van der Waals surface area contributed by atoms with Crippen LogP contribution in [0.4, 0.5) is 0 Å². The molecular formula is C17H25N3O. The molecule has 2 heterocycles. The Kier molecular flexibility index (Phi) is 4.56. The summed E-state index contributed by atoms with van der Waals surface area (Å²) in [5.41, 5.74) is 7.37. The number of hydrogen-bond acceptors (Lipinski definition) is 3. The van der Waals surface area contributed by atoms with Gasteiger partial charge in [-0.05, 0) is 24.4 Å². The second-order valence-electron chi connectivity index (χ2n) is 6.26. The number of carbonyl (C=O) groups is 1. The minimum Gasteiger partial charge on any atom is -0.341 e. The molecule has 3 rings (SSSR count). The van der Waals surface area contributed by atoms with Crippen LogP contribution in [-0.4, -0.2) is 55.0 Å². The molecule has 0 spiro atoms. The third kappa shape index (κ3) is 3.27. The zero-order chi connectivity index (χ0) is 14.7. The van der Waals surface area contributed by atoms with E-state index in [0.717, 1.165) is 52.1 Å². The van der Waals surface area contributed by atoms with Crippen LogP contribution in [0.25, 0.3) is 0 Å². The molecule has 2 saturated heterocycles. The summed E-state index contributed by atoms with van der Waals surface area (Å²) in [6, 6.07) is 10.7. The van der Waals surface area contributed by atoms with Gasteiger partial charge in [0.1, 0.15) is 0 Å². The lowest BCUT2D eigenvalue weighted by Gasteiger charge is -2.21. The first kappa shape index (κ1) is 14.5. The highest BCUT2D eigenvalue weighted by Crippen LogP contribution is 2.31. The minimum atomic E-state index is 0.323. The molecule has 2 fully saturated rings. The van der Waals surface area contributed by atoms with Gasteiger partial charge in [0, 0.05) is 45.1 Å². The SMILES string of the molecule is NC[C@@H]1CN(CCN2CCCC2=O)C[C@H]1c1ccccc1. The van der Waals surface area contributed by atoms with Crippen molar-refractivity contribution >= 4 is 5.91 Å². The molecular weight excluding hydrogens is 262 g/mol. The quantitative estimate of drug-likeness (QED) is 0.887. The molecule has 4 heteroatoms. The molecule has 4 nitrogen and oxygen atoms in total. The Morgan fingerprint density at radius 1 is 1.14 bits per heavy atom. The number of carbonyl (C=O) groups excluding carboxylic acids is 1. The largest absolute Gasteiger partial charge is 0.341 e. The predicted molar refractivity (Wildman–Crippen MR) is 84.0 cm³/mol. The molecule has 2 aliphatic rings. The second kappa shape index (κ2) is 6.58. The summed E-state index contributed by atoms with van der Waals surface area (Å²) < 4.78 is 0. The zero-order valence-electron chi connectivity index (χ0n) is 12.6. The van der Waals surface area contributed by atoms with Crippen molar-refractivity contribution < 1.29 is 4.79 Å². The Bertz CT molecular complexity index is 476. The highest BCUT2D eigenvalue weighted by molar-refractivity contribution is 5.78. The first-order valence-corrected chi connectivity index (χ1v) is 8.03. The molecule has 1 amide bonds. The smallest absolute Gasteiger partial charge is 0.222 e. The zero-order valence-corrected chi connectivity index (χ0v) is 12.6. The highest BCUT2D eigenvalue weighted by Gasteiger charge is 2.33. The summed E-state index contributed by atoms with van der Waals surface area (Å²) in [4.78, 5) is 16.2. The number of hydrogen-bond donors (Lipinski definition) is 1. The van der Waals surface area contributed by atoms with Crippen LogP contribution in [0.5, 0.6) is 0 Å². The van der Waals surface area contributed by atoms with E-state index < -0.39 is 0 Å². The van der Waals surface area contributed by atoms with E-state index in [2.05, 4.69) is 35.2 Å². The van der Waals surface area contributed by atoms with E-state index in [4.69, 9.17) is 5.73 Å². The fraction of sp³-hybridized carbons (Fsp3) is 0.588. The Balaban J connectivity index is 1.58. The van der Waals surface area contributed by atoms with Gasteiger partial charge in [-0.25, -0.2) is 0 Å². The van der Waals surface area contributed by atoms with Gasteiger partial charge in [-0.1, -0.05) is 30.3 Å². The maximum atomic E-state index is 11.7. The Morgan fingerprint density at radius 3 is 2.62 bits per heavy atom. The third-order valence-electron chi connectivity index (χ3n) is 4.90. The molecule has 0 saturated carbocycles. The van der Waals surface area contributed by atoms with Gasteiger partial charge in [-0.2, -0.15) is 0 Å². The van der Waals surface area contributed by atoms with Gasteiger partial charge < -0.3 is 15.5 Å². The maximum Gasteiger partial charge on any atom is 0.222 e. The predicted octanol–water partition coefficient (Wildman–Crippen LogP) is 1.28. The summed E-state index contributed by atoms with van der Waals surface area (Å²) in [7, 11) is 0. The topological polar surface area (TPSA) is 49.6 Å². The van der Waals surface area contributed by atoms with E-state index in [1.165, 1.54) is 5.56 Å². The number of amides is 1. The molecule has 0 aromatic heterocycles. The van der Waals surface area contributed by atoms with Crippen molar-refractivity contribution in [2.45, 2.75) is 18.8 Å². The average Bonchev–Trinajstić information content (AvgIpc) is 3.12. The maximum absolute atomic E-state index is 11.7. The summed E-state index contributed by atoms with van der Waals surface area (Å²) in [5, 5.41) is 0. The lowest BCUT2D eigenvalue weighted by atomic mass is 9.89. The summed E-state index contributed by atoms with van der Waals surface area (Å²) in [6.45, 7) is 5.64. The van der Waals surface area contributed by atoms with Crippen LogP contribution < -0.4 is 5.73 Å². The van der Waals surface area contributed by atoms with Gasteiger partial charge in [0.25, 0.3) is 0 Å². The number of nitrogens with zero attached hydrogens (tertiary/aromatic N) is 2. The molecule has 0 aliphatic carbocycles. The van der Waals surface area contributed by atoms with E-state index >= 15 is 0 Å². The normalized spacial score (nSPS) is 26.7. The monoisotopic (exact) mass is 287 g/mol. The molecule has 114 valence electrons. The molecule has 0 unspecified atom stereocenters. The highest BCUT2D eigenvalue weighted by atomic mass is 16.2. The van der Waals surface area contributed by atoms with Crippen LogP contribution in [0, 0.1) is 5.92 Å². The van der Waals surface area contributed by atoms with Gasteiger partial charge in [0.05, 0.1) is 0 Å². The Hall–Kier alpha value is -1.39. The van der Waals surface area contributed by atoms with E-state index in [1.807, 2.05) is 4.90 Å². The molecule has 2 atom stereocenters. The third-order valence-corrected chi connectivity index (χ3v) is 4.90. The van der Waals surface area contributed by atoms with Crippen molar-refractivity contribution in [1.82, 2.24) is 9.80 Å². The summed E-state index contributed by atoms with van der Waals surface area (Å²) in [5.74, 6) is 1.39. The van der Waals surface area contributed by atoms with Crippen molar-refractivity contribution in [2.24, 2.45) is 11.7 Å². The number of benzene rings is 1. The van der Waals surface area contributed by atoms with Crippen molar-refractivity contribution in [3.05, 3.63) is 35.9 Å². The Labute approximate surface area is 126 Å². The van der Waals surface area contributed by atoms with Crippen LogP contribution in [0.15, 0.2) is 30.3 Å². The molecule has 2 N–H and O–H groups in total. The lowest BCUT2D eigenvalue weighted by molar-refractivity contribution is -0.127. The number of likely N-dealkylation sites (tertiary alicyclic amines) is 2. The fourth-order valence-electron chi connectivity index (χ4n) is 3.66.